The molecule has 2 rings (SSSR count). The van der Waals surface area contributed by atoms with Gasteiger partial charge in [-0.3, -0.25) is 4.79 Å². The van der Waals surface area contributed by atoms with E-state index in [1.165, 1.54) is 0 Å². The first-order chi connectivity index (χ1) is 10.5. The molecule has 22 heavy (non-hydrogen) atoms. The lowest BCUT2D eigenvalue weighted by atomic mass is 10.2. The smallest absolute Gasteiger partial charge is 0.257 e. The molecule has 0 saturated heterocycles. The minimum Gasteiger partial charge on any atom is -0.372 e. The van der Waals surface area contributed by atoms with Crippen molar-refractivity contribution in [1.82, 2.24) is 0 Å². The molecule has 0 aliphatic carbocycles. The van der Waals surface area contributed by atoms with E-state index in [1.54, 1.807) is 18.2 Å². The maximum Gasteiger partial charge on any atom is 0.257 e. The summed E-state index contributed by atoms with van der Waals surface area (Å²) in [6.45, 7) is 6.12. The van der Waals surface area contributed by atoms with Crippen molar-refractivity contribution in [3.05, 3.63) is 58.1 Å². The van der Waals surface area contributed by atoms with E-state index in [2.05, 4.69) is 24.1 Å². The van der Waals surface area contributed by atoms with Gasteiger partial charge >= 0.3 is 0 Å². The summed E-state index contributed by atoms with van der Waals surface area (Å²) in [6, 6.07) is 12.6. The first kappa shape index (κ1) is 16.7. The maximum absolute atomic E-state index is 12.2. The molecule has 0 heterocycles. The van der Waals surface area contributed by atoms with Crippen LogP contribution >= 0.6 is 23.2 Å². The van der Waals surface area contributed by atoms with E-state index in [0.29, 0.717) is 15.6 Å². The third-order valence-corrected chi connectivity index (χ3v) is 3.98. The fraction of sp³-hybridized carbons (Fsp3) is 0.235. The molecule has 5 heteroatoms. The zero-order chi connectivity index (χ0) is 16.1. The molecule has 0 radical (unpaired) electrons. The second-order valence-electron chi connectivity index (χ2n) is 4.80. The second kappa shape index (κ2) is 7.52. The lowest BCUT2D eigenvalue weighted by Crippen LogP contribution is -2.21. The van der Waals surface area contributed by atoms with Gasteiger partial charge in [-0.15, -0.1) is 0 Å². The highest BCUT2D eigenvalue weighted by atomic mass is 35.5. The Kier molecular flexibility index (Phi) is 5.69. The molecule has 0 unspecified atom stereocenters. The van der Waals surface area contributed by atoms with Crippen LogP contribution in [0, 0.1) is 0 Å². The Balaban J connectivity index is 2.12. The van der Waals surface area contributed by atoms with E-state index in [0.717, 1.165) is 24.5 Å². The molecule has 1 N–H and O–H groups in total. The first-order valence-electron chi connectivity index (χ1n) is 7.16. The number of benzene rings is 2. The maximum atomic E-state index is 12.2. The Morgan fingerprint density at radius 2 is 1.68 bits per heavy atom. The van der Waals surface area contributed by atoms with Crippen LogP contribution in [-0.4, -0.2) is 19.0 Å². The van der Waals surface area contributed by atoms with Crippen LogP contribution in [0.25, 0.3) is 0 Å². The average molecular weight is 337 g/mol. The number of anilines is 2. The molecule has 116 valence electrons. The molecule has 0 saturated carbocycles. The topological polar surface area (TPSA) is 32.3 Å². The van der Waals surface area contributed by atoms with Gasteiger partial charge in [-0.2, -0.15) is 0 Å². The van der Waals surface area contributed by atoms with Crippen molar-refractivity contribution < 1.29 is 4.79 Å². The van der Waals surface area contributed by atoms with Gasteiger partial charge in [-0.1, -0.05) is 23.2 Å². The molecule has 0 aliphatic rings. The molecule has 0 aliphatic heterocycles. The molecule has 1 amide bonds. The van der Waals surface area contributed by atoms with Crippen LogP contribution in [0.15, 0.2) is 42.5 Å². The van der Waals surface area contributed by atoms with E-state index in [4.69, 9.17) is 23.2 Å². The molecular formula is C17H18Cl2N2O. The number of nitrogens with one attached hydrogen (secondary N) is 1. The highest BCUT2D eigenvalue weighted by molar-refractivity contribution is 6.37. The van der Waals surface area contributed by atoms with Gasteiger partial charge in [0.15, 0.2) is 0 Å². The van der Waals surface area contributed by atoms with E-state index in [1.807, 2.05) is 24.3 Å². The Morgan fingerprint density at radius 1 is 1.05 bits per heavy atom. The Morgan fingerprint density at radius 3 is 2.23 bits per heavy atom. The predicted octanol–water partition coefficient (Wildman–Crippen LogP) is 5.09. The first-order valence-corrected chi connectivity index (χ1v) is 7.92. The Bertz CT molecular complexity index is 652. The fourth-order valence-electron chi connectivity index (χ4n) is 2.22. The van der Waals surface area contributed by atoms with Gasteiger partial charge in [-0.05, 0) is 56.3 Å². The van der Waals surface area contributed by atoms with E-state index >= 15 is 0 Å². The zero-order valence-corrected chi connectivity index (χ0v) is 14.1. The number of hydrogen-bond donors (Lipinski definition) is 1. The van der Waals surface area contributed by atoms with E-state index in [9.17, 15) is 4.79 Å². The number of carbonyl (C=O) groups excluding carboxylic acids is 1. The number of nitrogens with zero attached hydrogens (tertiary/aromatic N) is 1. The standard InChI is InChI=1S/C17H18Cl2N2O/c1-3-21(4-2)14-8-6-13(7-9-14)20-17(22)15-10-5-12(18)11-16(15)19/h5-11H,3-4H2,1-2H3,(H,20,22). The van der Waals surface area contributed by atoms with Gasteiger partial charge in [0.1, 0.15) is 0 Å². The zero-order valence-electron chi connectivity index (χ0n) is 12.6. The lowest BCUT2D eigenvalue weighted by molar-refractivity contribution is 0.102. The second-order valence-corrected chi connectivity index (χ2v) is 5.64. The number of amides is 1. The lowest BCUT2D eigenvalue weighted by Gasteiger charge is -2.21. The molecule has 0 atom stereocenters. The van der Waals surface area contributed by atoms with Crippen LogP contribution < -0.4 is 10.2 Å². The quantitative estimate of drug-likeness (QED) is 0.824. The highest BCUT2D eigenvalue weighted by Crippen LogP contribution is 2.23. The molecule has 2 aromatic carbocycles. The van der Waals surface area contributed by atoms with Crippen LogP contribution in [0.5, 0.6) is 0 Å². The summed E-state index contributed by atoms with van der Waals surface area (Å²) in [7, 11) is 0. The van der Waals surface area contributed by atoms with Gasteiger partial charge in [0.2, 0.25) is 0 Å². The van der Waals surface area contributed by atoms with Crippen molar-refractivity contribution in [3.63, 3.8) is 0 Å². The Labute approximate surface area is 140 Å². The third kappa shape index (κ3) is 3.93. The van der Waals surface area contributed by atoms with Gasteiger partial charge in [0.25, 0.3) is 5.91 Å². The molecule has 2 aromatic rings. The molecule has 0 fully saturated rings. The van der Waals surface area contributed by atoms with Crippen LogP contribution in [0.3, 0.4) is 0 Å². The van der Waals surface area contributed by atoms with Crippen molar-refractivity contribution in [1.29, 1.82) is 0 Å². The van der Waals surface area contributed by atoms with Crippen LogP contribution in [0.2, 0.25) is 10.0 Å². The molecule has 0 bridgehead atoms. The van der Waals surface area contributed by atoms with Crippen LogP contribution in [0.4, 0.5) is 11.4 Å². The summed E-state index contributed by atoms with van der Waals surface area (Å²) in [5.41, 5.74) is 2.26. The van der Waals surface area contributed by atoms with Crippen LogP contribution in [-0.2, 0) is 0 Å². The molecule has 0 spiro atoms. The van der Waals surface area contributed by atoms with Gasteiger partial charge in [0, 0.05) is 29.5 Å². The molecular weight excluding hydrogens is 319 g/mol. The normalized spacial score (nSPS) is 10.4. The molecule has 0 aromatic heterocycles. The summed E-state index contributed by atoms with van der Waals surface area (Å²) in [6.07, 6.45) is 0. The van der Waals surface area contributed by atoms with Crippen LogP contribution in [0.1, 0.15) is 24.2 Å². The third-order valence-electron chi connectivity index (χ3n) is 3.43. The number of halogens is 2. The van der Waals surface area contributed by atoms with Crippen molar-refractivity contribution in [3.8, 4) is 0 Å². The number of carbonyl (C=O) groups is 1. The fourth-order valence-corrected chi connectivity index (χ4v) is 2.71. The minimum absolute atomic E-state index is 0.253. The van der Waals surface area contributed by atoms with E-state index in [-0.39, 0.29) is 5.91 Å². The largest absolute Gasteiger partial charge is 0.372 e. The van der Waals surface area contributed by atoms with E-state index < -0.39 is 0 Å². The monoisotopic (exact) mass is 336 g/mol. The summed E-state index contributed by atoms with van der Waals surface area (Å²) in [5, 5.41) is 3.68. The van der Waals surface area contributed by atoms with Crippen molar-refractivity contribution in [2.45, 2.75) is 13.8 Å². The van der Waals surface area contributed by atoms with Crippen molar-refractivity contribution >= 4 is 40.5 Å². The summed E-state index contributed by atoms with van der Waals surface area (Å²) < 4.78 is 0. The highest BCUT2D eigenvalue weighted by Gasteiger charge is 2.11. The average Bonchev–Trinajstić information content (AvgIpc) is 2.50. The predicted molar refractivity (Wildman–Crippen MR) is 94.4 cm³/mol. The number of rotatable bonds is 5. The van der Waals surface area contributed by atoms with Crippen molar-refractivity contribution in [2.75, 3.05) is 23.3 Å². The van der Waals surface area contributed by atoms with Gasteiger partial charge in [0.05, 0.1) is 10.6 Å². The summed E-state index contributed by atoms with van der Waals surface area (Å²) in [4.78, 5) is 14.5. The number of hydrogen-bond acceptors (Lipinski definition) is 2. The van der Waals surface area contributed by atoms with Gasteiger partial charge < -0.3 is 10.2 Å². The summed E-state index contributed by atoms with van der Waals surface area (Å²) >= 11 is 11.9. The SMILES string of the molecule is CCN(CC)c1ccc(NC(=O)c2ccc(Cl)cc2Cl)cc1. The van der Waals surface area contributed by atoms with Gasteiger partial charge in [-0.25, -0.2) is 0 Å². The Hall–Kier alpha value is -1.71. The minimum atomic E-state index is -0.253. The summed E-state index contributed by atoms with van der Waals surface area (Å²) in [5.74, 6) is -0.253. The van der Waals surface area contributed by atoms with Crippen molar-refractivity contribution in [2.24, 2.45) is 0 Å². The molecule has 3 nitrogen and oxygen atoms in total.